The van der Waals surface area contributed by atoms with E-state index in [0.717, 1.165) is 39.5 Å². The first-order valence-corrected chi connectivity index (χ1v) is 16.4. The average Bonchev–Trinajstić information content (AvgIpc) is 3.01. The Kier molecular flexibility index (Phi) is 10.9. The summed E-state index contributed by atoms with van der Waals surface area (Å²) in [5.74, 6) is -0.287. The Hall–Kier alpha value is -4.37. The molecule has 0 heterocycles. The molecule has 0 bridgehead atoms. The molecule has 0 saturated carbocycles. The van der Waals surface area contributed by atoms with E-state index in [9.17, 15) is 13.2 Å². The van der Waals surface area contributed by atoms with Crippen LogP contribution in [0.1, 0.15) is 58.4 Å². The van der Waals surface area contributed by atoms with Gasteiger partial charge in [-0.15, -0.1) is 0 Å². The van der Waals surface area contributed by atoms with Gasteiger partial charge in [0.1, 0.15) is 0 Å². The Balaban J connectivity index is 1.80. The van der Waals surface area contributed by atoms with E-state index in [1.54, 1.807) is 30.3 Å². The molecule has 4 aromatic carbocycles. The molecule has 1 amide bonds. The summed E-state index contributed by atoms with van der Waals surface area (Å²) in [6.07, 6.45) is 1.64. The van der Waals surface area contributed by atoms with Crippen LogP contribution in [0.3, 0.4) is 0 Å². The molecule has 234 valence electrons. The first-order chi connectivity index (χ1) is 21.4. The number of anilines is 1. The molecular formula is C36H39ClN4O3S. The minimum Gasteiger partial charge on any atom is -0.355 e. The number of nitrogens with one attached hydrogen (secondary N) is 3. The third kappa shape index (κ3) is 8.22. The van der Waals surface area contributed by atoms with Gasteiger partial charge in [-0.3, -0.25) is 9.52 Å². The lowest BCUT2D eigenvalue weighted by Gasteiger charge is -2.22. The third-order valence-electron chi connectivity index (χ3n) is 7.45. The highest BCUT2D eigenvalue weighted by Crippen LogP contribution is 2.36. The smallest absolute Gasteiger partial charge is 0.301 e. The summed E-state index contributed by atoms with van der Waals surface area (Å²) in [7, 11) is -1.04. The van der Waals surface area contributed by atoms with Crippen LogP contribution in [-0.2, 0) is 10.2 Å². The van der Waals surface area contributed by atoms with Crippen molar-refractivity contribution in [1.29, 1.82) is 0 Å². The number of carbonyl (C=O) groups is 1. The van der Waals surface area contributed by atoms with Crippen LogP contribution in [0, 0.1) is 6.92 Å². The summed E-state index contributed by atoms with van der Waals surface area (Å²) in [6, 6.07) is 28.1. The standard InChI is InChI=1S/C36H39ClN4O3S/c1-7-13-35(27-15-9-8-10-16-27)39-36(42)28-18-20-31(32(22-28)26(4)40-45(43,44)41(5)6)33-23-29(37)19-21-30(33)25(3)38-34-17-12-11-14-24(34)2/h8-12,14-23,35,38,40H,3-4,7,13H2,1-2,5-6H3,(H,39,42)/t35-/m1/s1. The second-order valence-corrected chi connectivity index (χ2v) is 13.3. The monoisotopic (exact) mass is 642 g/mol. The molecular weight excluding hydrogens is 604 g/mol. The van der Waals surface area contributed by atoms with E-state index in [1.165, 1.54) is 14.1 Å². The molecule has 7 nitrogen and oxygen atoms in total. The van der Waals surface area contributed by atoms with Crippen LogP contribution < -0.4 is 15.4 Å². The van der Waals surface area contributed by atoms with E-state index >= 15 is 0 Å². The predicted molar refractivity (Wildman–Crippen MR) is 187 cm³/mol. The van der Waals surface area contributed by atoms with Crippen LogP contribution in [0.2, 0.25) is 5.02 Å². The first-order valence-electron chi connectivity index (χ1n) is 14.6. The fourth-order valence-electron chi connectivity index (χ4n) is 4.96. The summed E-state index contributed by atoms with van der Waals surface area (Å²) in [5, 5.41) is 7.03. The van der Waals surface area contributed by atoms with Gasteiger partial charge < -0.3 is 10.6 Å². The van der Waals surface area contributed by atoms with Crippen molar-refractivity contribution < 1.29 is 13.2 Å². The van der Waals surface area contributed by atoms with Crippen LogP contribution in [-0.4, -0.2) is 32.7 Å². The molecule has 45 heavy (non-hydrogen) atoms. The van der Waals surface area contributed by atoms with Crippen LogP contribution in [0.5, 0.6) is 0 Å². The zero-order valence-electron chi connectivity index (χ0n) is 26.0. The number of nitrogens with zero attached hydrogens (tertiary/aromatic N) is 1. The summed E-state index contributed by atoms with van der Waals surface area (Å²) >= 11 is 6.51. The highest BCUT2D eigenvalue weighted by atomic mass is 35.5. The number of hydrogen-bond acceptors (Lipinski definition) is 4. The molecule has 1 atom stereocenters. The zero-order valence-corrected chi connectivity index (χ0v) is 27.6. The molecule has 9 heteroatoms. The fraction of sp³-hybridized carbons (Fsp3) is 0.194. The van der Waals surface area contributed by atoms with Crippen molar-refractivity contribution in [2.45, 2.75) is 32.7 Å². The van der Waals surface area contributed by atoms with E-state index in [-0.39, 0.29) is 17.6 Å². The van der Waals surface area contributed by atoms with Crippen LogP contribution >= 0.6 is 11.6 Å². The van der Waals surface area contributed by atoms with Crippen molar-refractivity contribution in [3.05, 3.63) is 137 Å². The molecule has 0 aromatic heterocycles. The molecule has 4 rings (SSSR count). The van der Waals surface area contributed by atoms with Crippen molar-refractivity contribution in [3.63, 3.8) is 0 Å². The van der Waals surface area contributed by atoms with Gasteiger partial charge >= 0.3 is 10.2 Å². The lowest BCUT2D eigenvalue weighted by molar-refractivity contribution is 0.0934. The molecule has 0 radical (unpaired) electrons. The molecule has 0 aliphatic rings. The Morgan fingerprint density at radius 1 is 0.867 bits per heavy atom. The summed E-state index contributed by atoms with van der Waals surface area (Å²) in [6.45, 7) is 12.4. The fourth-order valence-corrected chi connectivity index (χ4v) is 5.73. The van der Waals surface area contributed by atoms with Crippen molar-refractivity contribution in [2.75, 3.05) is 19.4 Å². The Morgan fingerprint density at radius 2 is 1.56 bits per heavy atom. The molecule has 3 N–H and O–H groups in total. The van der Waals surface area contributed by atoms with E-state index in [2.05, 4.69) is 35.4 Å². The summed E-state index contributed by atoms with van der Waals surface area (Å²) in [4.78, 5) is 13.7. The van der Waals surface area contributed by atoms with Crippen LogP contribution in [0.4, 0.5) is 5.69 Å². The lowest BCUT2D eigenvalue weighted by atomic mass is 9.91. The van der Waals surface area contributed by atoms with Gasteiger partial charge in [-0.2, -0.15) is 12.7 Å². The first kappa shape index (κ1) is 33.5. The summed E-state index contributed by atoms with van der Waals surface area (Å²) < 4.78 is 29.3. The Labute approximate surface area is 271 Å². The molecule has 0 fully saturated rings. The lowest BCUT2D eigenvalue weighted by Crippen LogP contribution is -2.34. The number of rotatable bonds is 13. The second-order valence-electron chi connectivity index (χ2n) is 11.0. The number of para-hydroxylation sites is 1. The molecule has 4 aromatic rings. The Morgan fingerprint density at radius 3 is 2.22 bits per heavy atom. The normalized spacial score (nSPS) is 12.0. The van der Waals surface area contributed by atoms with Gasteiger partial charge in [-0.1, -0.05) is 98.8 Å². The van der Waals surface area contributed by atoms with Gasteiger partial charge in [0, 0.05) is 47.2 Å². The maximum Gasteiger partial charge on any atom is 0.301 e. The minimum atomic E-state index is -3.89. The number of amides is 1. The van der Waals surface area contributed by atoms with E-state index < -0.39 is 10.2 Å². The number of halogens is 1. The largest absolute Gasteiger partial charge is 0.355 e. The molecule has 0 aliphatic carbocycles. The SMILES string of the molecule is C=C(Nc1ccccc1C)c1ccc(Cl)cc1-c1ccc(C(=O)N[C@H](CCC)c2ccccc2)cc1C(=C)NS(=O)(=O)N(C)C. The van der Waals surface area contributed by atoms with Gasteiger partial charge in [-0.05, 0) is 65.9 Å². The van der Waals surface area contributed by atoms with Gasteiger partial charge in [0.2, 0.25) is 0 Å². The highest BCUT2D eigenvalue weighted by Gasteiger charge is 2.22. The van der Waals surface area contributed by atoms with Crippen LogP contribution in [0.15, 0.2) is 104 Å². The van der Waals surface area contributed by atoms with Gasteiger partial charge in [0.05, 0.1) is 11.7 Å². The molecule has 0 saturated heterocycles. The second kappa shape index (κ2) is 14.6. The maximum atomic E-state index is 13.7. The molecule has 0 unspecified atom stereocenters. The van der Waals surface area contributed by atoms with Crippen molar-refractivity contribution in [2.24, 2.45) is 0 Å². The number of benzene rings is 4. The van der Waals surface area contributed by atoms with E-state index in [4.69, 9.17) is 11.6 Å². The van der Waals surface area contributed by atoms with Gasteiger partial charge in [0.15, 0.2) is 0 Å². The van der Waals surface area contributed by atoms with Gasteiger partial charge in [0.25, 0.3) is 5.91 Å². The highest BCUT2D eigenvalue weighted by molar-refractivity contribution is 7.87. The van der Waals surface area contributed by atoms with Crippen molar-refractivity contribution in [1.82, 2.24) is 14.3 Å². The van der Waals surface area contributed by atoms with Crippen molar-refractivity contribution in [3.8, 4) is 11.1 Å². The zero-order chi connectivity index (χ0) is 32.7. The number of hydrogen-bond donors (Lipinski definition) is 3. The minimum absolute atomic E-state index is 0.102. The molecule has 0 spiro atoms. The predicted octanol–water partition coefficient (Wildman–Crippen LogP) is 8.04. The summed E-state index contributed by atoms with van der Waals surface area (Å²) in [5.41, 5.74) is 6.52. The average molecular weight is 643 g/mol. The maximum absolute atomic E-state index is 13.7. The van der Waals surface area contributed by atoms with Crippen molar-refractivity contribution >= 4 is 44.8 Å². The van der Waals surface area contributed by atoms with E-state index in [1.807, 2.05) is 67.6 Å². The third-order valence-corrected chi connectivity index (χ3v) is 9.15. The Bertz CT molecular complexity index is 1820. The van der Waals surface area contributed by atoms with E-state index in [0.29, 0.717) is 33.0 Å². The van der Waals surface area contributed by atoms with Gasteiger partial charge in [-0.25, -0.2) is 0 Å². The number of carbonyl (C=O) groups excluding carboxylic acids is 1. The van der Waals surface area contributed by atoms with Crippen LogP contribution in [0.25, 0.3) is 22.5 Å². The quantitative estimate of drug-likeness (QED) is 0.138. The molecule has 0 aliphatic heterocycles. The topological polar surface area (TPSA) is 90.5 Å². The number of aryl methyl sites for hydroxylation is 1.